The molecule has 0 fully saturated rings. The van der Waals surface area contributed by atoms with Crippen molar-refractivity contribution in [2.45, 2.75) is 6.92 Å². The van der Waals surface area contributed by atoms with Gasteiger partial charge in [0, 0.05) is 10.2 Å². The molecule has 0 aliphatic rings. The monoisotopic (exact) mass is 525 g/mol. The van der Waals surface area contributed by atoms with E-state index >= 15 is 0 Å². The van der Waals surface area contributed by atoms with Crippen molar-refractivity contribution in [2.75, 3.05) is 25.6 Å². The minimum absolute atomic E-state index is 0.167. The normalized spacial score (nSPS) is 10.6. The fourth-order valence-corrected chi connectivity index (χ4v) is 3.08. The molecule has 0 heterocycles. The lowest BCUT2D eigenvalue weighted by Crippen LogP contribution is -2.24. The first-order chi connectivity index (χ1) is 16.4. The molecule has 0 aromatic heterocycles. The van der Waals surface area contributed by atoms with Crippen LogP contribution in [0.3, 0.4) is 0 Å². The molecule has 3 rings (SSSR count). The van der Waals surface area contributed by atoms with E-state index in [1.54, 1.807) is 30.3 Å². The number of rotatable bonds is 10. The number of hydrogen-bond acceptors (Lipinski definition) is 6. The van der Waals surface area contributed by atoms with E-state index in [0.717, 1.165) is 15.7 Å². The third-order valence-electron chi connectivity index (χ3n) is 4.55. The van der Waals surface area contributed by atoms with Crippen LogP contribution in [0.25, 0.3) is 0 Å². The van der Waals surface area contributed by atoms with Crippen LogP contribution in [0.4, 0.5) is 5.69 Å². The van der Waals surface area contributed by atoms with Gasteiger partial charge in [-0.1, -0.05) is 34.1 Å². The van der Waals surface area contributed by atoms with E-state index < -0.39 is 5.91 Å². The first-order valence-electron chi connectivity index (χ1n) is 10.3. The van der Waals surface area contributed by atoms with Crippen LogP contribution in [0.1, 0.15) is 11.1 Å². The Hall–Kier alpha value is -3.85. The minimum atomic E-state index is -0.397. The number of hydrogen-bond donors (Lipinski definition) is 2. The Morgan fingerprint density at radius 1 is 0.941 bits per heavy atom. The zero-order valence-corrected chi connectivity index (χ0v) is 20.3. The van der Waals surface area contributed by atoms with E-state index in [-0.39, 0.29) is 19.1 Å². The molecule has 0 aliphatic heterocycles. The predicted molar refractivity (Wildman–Crippen MR) is 134 cm³/mol. The number of carbonyl (C=O) groups excluding carboxylic acids is 2. The van der Waals surface area contributed by atoms with Crippen LogP contribution >= 0.6 is 15.9 Å². The second-order valence-electron chi connectivity index (χ2n) is 7.10. The van der Waals surface area contributed by atoms with Gasteiger partial charge >= 0.3 is 0 Å². The van der Waals surface area contributed by atoms with Crippen LogP contribution in [0.2, 0.25) is 0 Å². The van der Waals surface area contributed by atoms with E-state index in [4.69, 9.17) is 14.2 Å². The van der Waals surface area contributed by atoms with Gasteiger partial charge in [-0.2, -0.15) is 5.10 Å². The van der Waals surface area contributed by atoms with E-state index in [1.165, 1.54) is 13.3 Å². The number of para-hydroxylation sites is 1. The molecule has 0 atom stereocenters. The summed E-state index contributed by atoms with van der Waals surface area (Å²) in [5.41, 5.74) is 4.77. The number of nitrogens with one attached hydrogen (secondary N) is 2. The van der Waals surface area contributed by atoms with Gasteiger partial charge in [0.05, 0.1) is 13.3 Å². The number of amides is 2. The molecule has 0 saturated carbocycles. The number of ether oxygens (including phenoxy) is 3. The summed E-state index contributed by atoms with van der Waals surface area (Å²) in [6.07, 6.45) is 1.47. The van der Waals surface area contributed by atoms with Crippen molar-refractivity contribution in [3.63, 3.8) is 0 Å². The quantitative estimate of drug-likeness (QED) is 0.303. The summed E-state index contributed by atoms with van der Waals surface area (Å²) in [5, 5.41) is 6.74. The lowest BCUT2D eigenvalue weighted by atomic mass is 10.2. The van der Waals surface area contributed by atoms with Crippen molar-refractivity contribution in [3.05, 3.63) is 82.3 Å². The Morgan fingerprint density at radius 3 is 2.41 bits per heavy atom. The maximum absolute atomic E-state index is 12.2. The molecule has 0 aliphatic carbocycles. The maximum Gasteiger partial charge on any atom is 0.277 e. The molecule has 0 bridgehead atoms. The summed E-state index contributed by atoms with van der Waals surface area (Å²) in [6.45, 7) is 1.57. The zero-order chi connectivity index (χ0) is 24.3. The Balaban J connectivity index is 1.49. The summed E-state index contributed by atoms with van der Waals surface area (Å²) in [6, 6.07) is 19.7. The Morgan fingerprint density at radius 2 is 1.68 bits per heavy atom. The number of halogens is 1. The number of anilines is 1. The second-order valence-corrected chi connectivity index (χ2v) is 8.01. The molecule has 0 saturated heterocycles. The molecular weight excluding hydrogens is 502 g/mol. The van der Waals surface area contributed by atoms with Crippen LogP contribution in [-0.4, -0.2) is 38.4 Å². The highest BCUT2D eigenvalue weighted by atomic mass is 79.9. The van der Waals surface area contributed by atoms with Crippen molar-refractivity contribution in [1.29, 1.82) is 0 Å². The first kappa shape index (κ1) is 24.8. The molecule has 0 unspecified atom stereocenters. The van der Waals surface area contributed by atoms with Gasteiger partial charge in [-0.25, -0.2) is 5.43 Å². The van der Waals surface area contributed by atoms with Crippen LogP contribution < -0.4 is 25.0 Å². The molecule has 8 nitrogen and oxygen atoms in total. The van der Waals surface area contributed by atoms with Crippen LogP contribution in [0.15, 0.2) is 76.3 Å². The lowest BCUT2D eigenvalue weighted by Gasteiger charge is -2.12. The van der Waals surface area contributed by atoms with Crippen molar-refractivity contribution in [2.24, 2.45) is 5.10 Å². The molecule has 2 amide bonds. The largest absolute Gasteiger partial charge is 0.493 e. The average Bonchev–Trinajstić information content (AvgIpc) is 2.84. The van der Waals surface area contributed by atoms with E-state index in [2.05, 4.69) is 31.8 Å². The van der Waals surface area contributed by atoms with Gasteiger partial charge in [-0.15, -0.1) is 0 Å². The number of methoxy groups -OCH3 is 1. The number of hydrazone groups is 1. The molecule has 0 radical (unpaired) electrons. The van der Waals surface area contributed by atoms with Gasteiger partial charge in [0.2, 0.25) is 0 Å². The van der Waals surface area contributed by atoms with Crippen LogP contribution in [0.5, 0.6) is 17.2 Å². The predicted octanol–water partition coefficient (Wildman–Crippen LogP) is 4.31. The Labute approximate surface area is 206 Å². The van der Waals surface area contributed by atoms with E-state index in [1.807, 2.05) is 43.3 Å². The fraction of sp³-hybridized carbons (Fsp3) is 0.160. The number of carbonyl (C=O) groups is 2. The summed E-state index contributed by atoms with van der Waals surface area (Å²) in [4.78, 5) is 24.1. The van der Waals surface area contributed by atoms with Crippen LogP contribution in [0, 0.1) is 6.92 Å². The lowest BCUT2D eigenvalue weighted by molar-refractivity contribution is -0.123. The van der Waals surface area contributed by atoms with Gasteiger partial charge in [0.15, 0.2) is 24.7 Å². The number of nitrogens with zero attached hydrogens (tertiary/aromatic N) is 1. The third-order valence-corrected chi connectivity index (χ3v) is 5.08. The SMILES string of the molecule is COc1cc(/C=N\NC(=O)COc2ccc(Br)cc2)ccc1OCC(=O)Nc1ccccc1C. The highest BCUT2D eigenvalue weighted by Crippen LogP contribution is 2.27. The van der Waals surface area contributed by atoms with Gasteiger partial charge in [0.25, 0.3) is 11.8 Å². The van der Waals surface area contributed by atoms with Crippen molar-refractivity contribution >= 4 is 39.6 Å². The second kappa shape index (κ2) is 12.4. The summed E-state index contributed by atoms with van der Waals surface area (Å²) < 4.78 is 17.3. The molecule has 176 valence electrons. The highest BCUT2D eigenvalue weighted by Gasteiger charge is 2.10. The molecular formula is C25H24BrN3O5. The van der Waals surface area contributed by atoms with E-state index in [0.29, 0.717) is 22.8 Å². The van der Waals surface area contributed by atoms with Crippen LogP contribution in [-0.2, 0) is 9.59 Å². The minimum Gasteiger partial charge on any atom is -0.493 e. The highest BCUT2D eigenvalue weighted by molar-refractivity contribution is 9.10. The van der Waals surface area contributed by atoms with Gasteiger partial charge < -0.3 is 19.5 Å². The fourth-order valence-electron chi connectivity index (χ4n) is 2.82. The standard InChI is InChI=1S/C25H24BrN3O5/c1-17-5-3-4-6-21(17)28-24(30)15-34-22-12-7-18(13-23(22)32-2)14-27-29-25(31)16-33-20-10-8-19(26)9-11-20/h3-14H,15-16H2,1-2H3,(H,28,30)(H,29,31)/b27-14-. The smallest absolute Gasteiger partial charge is 0.277 e. The van der Waals surface area contributed by atoms with Crippen molar-refractivity contribution in [3.8, 4) is 17.2 Å². The topological polar surface area (TPSA) is 98.2 Å². The summed E-state index contributed by atoms with van der Waals surface area (Å²) in [5.74, 6) is 0.736. The van der Waals surface area contributed by atoms with Crippen molar-refractivity contribution in [1.82, 2.24) is 5.43 Å². The van der Waals surface area contributed by atoms with E-state index in [9.17, 15) is 9.59 Å². The molecule has 34 heavy (non-hydrogen) atoms. The van der Waals surface area contributed by atoms with Crippen molar-refractivity contribution < 1.29 is 23.8 Å². The molecule has 3 aromatic carbocycles. The molecule has 3 aromatic rings. The van der Waals surface area contributed by atoms with Gasteiger partial charge in [-0.05, 0) is 66.6 Å². The summed E-state index contributed by atoms with van der Waals surface area (Å²) in [7, 11) is 1.50. The zero-order valence-electron chi connectivity index (χ0n) is 18.7. The molecule has 0 spiro atoms. The number of benzene rings is 3. The Kier molecular flexibility index (Phi) is 9.04. The third kappa shape index (κ3) is 7.63. The maximum atomic E-state index is 12.2. The van der Waals surface area contributed by atoms with Gasteiger partial charge in [-0.3, -0.25) is 9.59 Å². The average molecular weight is 526 g/mol. The van der Waals surface area contributed by atoms with Gasteiger partial charge in [0.1, 0.15) is 5.75 Å². The first-order valence-corrected chi connectivity index (χ1v) is 11.1. The summed E-state index contributed by atoms with van der Waals surface area (Å²) >= 11 is 3.34. The number of aryl methyl sites for hydroxylation is 1. The molecule has 2 N–H and O–H groups in total. The Bertz CT molecular complexity index is 1170. The molecule has 9 heteroatoms.